The second-order valence-electron chi connectivity index (χ2n) is 8.35. The zero-order valence-electron chi connectivity index (χ0n) is 17.0. The number of H-pyrrole nitrogens is 1. The quantitative estimate of drug-likeness (QED) is 0.633. The molecule has 0 bridgehead atoms. The minimum atomic E-state index is -2.91. The summed E-state index contributed by atoms with van der Waals surface area (Å²) in [6.07, 6.45) is 2.00. The van der Waals surface area contributed by atoms with Crippen LogP contribution in [0, 0.1) is 0 Å². The van der Waals surface area contributed by atoms with Crippen LogP contribution in [-0.4, -0.2) is 53.4 Å². The van der Waals surface area contributed by atoms with Crippen LogP contribution in [0.4, 0.5) is 5.69 Å². The zero-order chi connectivity index (χ0) is 21.6. The Balaban J connectivity index is 1.31. The van der Waals surface area contributed by atoms with Gasteiger partial charge in [-0.25, -0.2) is 13.2 Å². The summed E-state index contributed by atoms with van der Waals surface area (Å²) in [4.78, 5) is 30.0. The Kier molecular flexibility index (Phi) is 4.94. The van der Waals surface area contributed by atoms with E-state index in [9.17, 15) is 18.0 Å². The Morgan fingerprint density at radius 1 is 1.10 bits per heavy atom. The number of rotatable bonds is 5. The molecule has 8 nitrogen and oxygen atoms in total. The molecule has 1 amide bonds. The van der Waals surface area contributed by atoms with Crippen LogP contribution < -0.4 is 11.0 Å². The molecule has 9 heteroatoms. The molecule has 2 aromatic carbocycles. The molecule has 2 heterocycles. The maximum absolute atomic E-state index is 12.8. The molecule has 1 saturated heterocycles. The number of carbonyl (C=O) groups is 1. The minimum absolute atomic E-state index is 0.112. The lowest BCUT2D eigenvalue weighted by Crippen LogP contribution is -2.39. The van der Waals surface area contributed by atoms with Gasteiger partial charge in [0.25, 0.3) is 5.91 Å². The van der Waals surface area contributed by atoms with Crippen LogP contribution in [-0.2, 0) is 16.4 Å². The molecule has 0 atom stereocenters. The van der Waals surface area contributed by atoms with Gasteiger partial charge in [0.2, 0.25) is 0 Å². The molecule has 162 valence electrons. The van der Waals surface area contributed by atoms with Gasteiger partial charge in [0, 0.05) is 36.9 Å². The fourth-order valence-corrected chi connectivity index (χ4v) is 5.35. The zero-order valence-corrected chi connectivity index (χ0v) is 17.8. The van der Waals surface area contributed by atoms with Crippen molar-refractivity contribution in [3.63, 3.8) is 0 Å². The number of fused-ring (bicyclic) bond motifs is 1. The van der Waals surface area contributed by atoms with E-state index in [0.29, 0.717) is 30.9 Å². The summed E-state index contributed by atoms with van der Waals surface area (Å²) in [6, 6.07) is 13.1. The van der Waals surface area contributed by atoms with E-state index >= 15 is 0 Å². The normalized spacial score (nSPS) is 18.8. The van der Waals surface area contributed by atoms with Crippen molar-refractivity contribution in [1.82, 2.24) is 14.5 Å². The number of amides is 1. The molecule has 1 aromatic heterocycles. The number of hydrogen-bond acceptors (Lipinski definition) is 5. The minimum Gasteiger partial charge on any atom is -0.322 e. The third kappa shape index (κ3) is 4.28. The molecule has 2 aliphatic rings. The first-order valence-corrected chi connectivity index (χ1v) is 12.3. The summed E-state index contributed by atoms with van der Waals surface area (Å²) in [5.41, 5.74) is 3.60. The van der Waals surface area contributed by atoms with Crippen molar-refractivity contribution in [3.05, 3.63) is 64.1 Å². The Morgan fingerprint density at radius 3 is 2.61 bits per heavy atom. The maximum Gasteiger partial charge on any atom is 0.326 e. The van der Waals surface area contributed by atoms with Crippen LogP contribution >= 0.6 is 0 Å². The van der Waals surface area contributed by atoms with Gasteiger partial charge in [0.1, 0.15) is 0 Å². The first-order valence-electron chi connectivity index (χ1n) is 10.5. The highest BCUT2D eigenvalue weighted by Gasteiger charge is 2.27. The summed E-state index contributed by atoms with van der Waals surface area (Å²) in [7, 11) is -2.91. The van der Waals surface area contributed by atoms with E-state index in [-0.39, 0.29) is 29.1 Å². The molecular weight excluding hydrogens is 416 g/mol. The number of anilines is 1. The highest BCUT2D eigenvalue weighted by Crippen LogP contribution is 2.36. The Labute approximate surface area is 179 Å². The van der Waals surface area contributed by atoms with Crippen molar-refractivity contribution in [2.24, 2.45) is 0 Å². The van der Waals surface area contributed by atoms with Gasteiger partial charge in [-0.05, 0) is 48.7 Å². The number of nitrogens with one attached hydrogen (secondary N) is 2. The maximum atomic E-state index is 12.8. The fraction of sp³-hybridized carbons (Fsp3) is 0.364. The topological polar surface area (TPSA) is 104 Å². The van der Waals surface area contributed by atoms with Gasteiger partial charge in [0.05, 0.1) is 22.5 Å². The average Bonchev–Trinajstić information content (AvgIpc) is 3.52. The van der Waals surface area contributed by atoms with Crippen molar-refractivity contribution < 1.29 is 13.2 Å². The summed E-state index contributed by atoms with van der Waals surface area (Å²) >= 11 is 0. The van der Waals surface area contributed by atoms with Gasteiger partial charge in [-0.2, -0.15) is 0 Å². The number of aromatic nitrogens is 2. The number of imidazole rings is 1. The number of benzene rings is 2. The lowest BCUT2D eigenvalue weighted by molar-refractivity contribution is 0.102. The smallest absolute Gasteiger partial charge is 0.322 e. The average molecular weight is 441 g/mol. The van der Waals surface area contributed by atoms with Crippen molar-refractivity contribution in [1.29, 1.82) is 0 Å². The van der Waals surface area contributed by atoms with Crippen LogP contribution in [0.2, 0.25) is 0 Å². The Hall–Kier alpha value is -2.91. The van der Waals surface area contributed by atoms with E-state index in [4.69, 9.17) is 0 Å². The second-order valence-corrected chi connectivity index (χ2v) is 10.6. The third-order valence-electron chi connectivity index (χ3n) is 5.92. The Morgan fingerprint density at radius 2 is 1.87 bits per heavy atom. The van der Waals surface area contributed by atoms with E-state index in [0.717, 1.165) is 29.4 Å². The number of nitrogens with zero attached hydrogens (tertiary/aromatic N) is 2. The number of aromatic amines is 1. The molecule has 1 aliphatic heterocycles. The van der Waals surface area contributed by atoms with Gasteiger partial charge in [-0.3, -0.25) is 14.3 Å². The van der Waals surface area contributed by atoms with Crippen molar-refractivity contribution in [2.45, 2.75) is 25.4 Å². The van der Waals surface area contributed by atoms with Crippen molar-refractivity contribution in [2.75, 3.05) is 29.9 Å². The van der Waals surface area contributed by atoms with Crippen molar-refractivity contribution >= 4 is 32.5 Å². The van der Waals surface area contributed by atoms with Gasteiger partial charge in [-0.15, -0.1) is 0 Å². The molecule has 0 spiro atoms. The van der Waals surface area contributed by atoms with E-state index in [1.54, 1.807) is 16.7 Å². The van der Waals surface area contributed by atoms with Gasteiger partial charge >= 0.3 is 5.69 Å². The van der Waals surface area contributed by atoms with E-state index in [1.807, 2.05) is 30.3 Å². The molecule has 0 unspecified atom stereocenters. The molecule has 0 radical (unpaired) electrons. The number of sulfone groups is 1. The van der Waals surface area contributed by atoms with E-state index in [2.05, 4.69) is 15.2 Å². The highest BCUT2D eigenvalue weighted by atomic mass is 32.2. The van der Waals surface area contributed by atoms with E-state index in [1.165, 1.54) is 0 Å². The number of carbonyl (C=O) groups excluding carboxylic acids is 1. The Bertz CT molecular complexity index is 1310. The first-order chi connectivity index (χ1) is 14.9. The van der Waals surface area contributed by atoms with Crippen LogP contribution in [0.25, 0.3) is 11.0 Å². The standard InChI is InChI=1S/C22H24N4O4S/c27-21(16-3-1-2-15(12-16)14-25-8-10-31(29,30)11-9-25)23-17-4-7-19-20(13-17)26(18-5-6-18)22(28)24-19/h1-4,7,12-13,18H,5-6,8-11,14H2,(H,23,27)(H,24,28). The molecule has 5 rings (SSSR count). The van der Waals surface area contributed by atoms with Gasteiger partial charge < -0.3 is 10.3 Å². The van der Waals surface area contributed by atoms with Crippen molar-refractivity contribution in [3.8, 4) is 0 Å². The predicted molar refractivity (Wildman–Crippen MR) is 119 cm³/mol. The fourth-order valence-electron chi connectivity index (χ4n) is 4.08. The molecule has 3 aromatic rings. The monoisotopic (exact) mass is 440 g/mol. The van der Waals surface area contributed by atoms with Gasteiger partial charge in [-0.1, -0.05) is 12.1 Å². The van der Waals surface area contributed by atoms with Crippen LogP contribution in [0.3, 0.4) is 0 Å². The molecule has 2 N–H and O–H groups in total. The molecule has 1 saturated carbocycles. The second kappa shape index (κ2) is 7.65. The van der Waals surface area contributed by atoms with Crippen LogP contribution in [0.15, 0.2) is 47.3 Å². The third-order valence-corrected chi connectivity index (χ3v) is 7.53. The molecule has 2 fully saturated rings. The summed E-state index contributed by atoms with van der Waals surface area (Å²) in [5, 5.41) is 2.93. The largest absolute Gasteiger partial charge is 0.326 e. The predicted octanol–water partition coefficient (Wildman–Crippen LogP) is 2.15. The molecule has 31 heavy (non-hydrogen) atoms. The van der Waals surface area contributed by atoms with Crippen LogP contribution in [0.5, 0.6) is 0 Å². The van der Waals surface area contributed by atoms with E-state index < -0.39 is 9.84 Å². The molecular formula is C22H24N4O4S. The number of hydrogen-bond donors (Lipinski definition) is 2. The summed E-state index contributed by atoms with van der Waals surface area (Å²) < 4.78 is 25.0. The summed E-state index contributed by atoms with van der Waals surface area (Å²) in [6.45, 7) is 1.63. The SMILES string of the molecule is O=C(Nc1ccc2[nH]c(=O)n(C3CC3)c2c1)c1cccc(CN2CCS(=O)(=O)CC2)c1. The van der Waals surface area contributed by atoms with Crippen LogP contribution in [0.1, 0.15) is 34.8 Å². The lowest BCUT2D eigenvalue weighted by atomic mass is 10.1. The molecule has 1 aliphatic carbocycles. The van der Waals surface area contributed by atoms with Gasteiger partial charge in [0.15, 0.2) is 9.84 Å². The first kappa shape index (κ1) is 20.0. The highest BCUT2D eigenvalue weighted by molar-refractivity contribution is 7.91. The lowest BCUT2D eigenvalue weighted by Gasteiger charge is -2.26. The summed E-state index contributed by atoms with van der Waals surface area (Å²) in [5.74, 6) is 0.139.